The van der Waals surface area contributed by atoms with Crippen LogP contribution in [0, 0.1) is 17.8 Å². The van der Waals surface area contributed by atoms with Crippen LogP contribution in [-0.2, 0) is 9.53 Å². The van der Waals surface area contributed by atoms with Crippen LogP contribution in [0.2, 0.25) is 0 Å². The highest BCUT2D eigenvalue weighted by Crippen LogP contribution is 2.59. The molecule has 1 amide bonds. The van der Waals surface area contributed by atoms with Crippen molar-refractivity contribution in [3.05, 3.63) is 12.2 Å². The fourth-order valence-electron chi connectivity index (χ4n) is 3.57. The Kier molecular flexibility index (Phi) is 4.45. The second-order valence-corrected chi connectivity index (χ2v) is 7.50. The van der Waals surface area contributed by atoms with Crippen LogP contribution in [-0.4, -0.2) is 23.5 Å². The third-order valence-electron chi connectivity index (χ3n) is 4.52. The number of carbonyl (C=O) groups excluding carboxylic acids is 2. The van der Waals surface area contributed by atoms with Gasteiger partial charge in [0.05, 0.1) is 6.04 Å². The molecule has 0 aliphatic heterocycles. The minimum absolute atomic E-state index is 0.0779. The maximum Gasteiger partial charge on any atom is 0.408 e. The number of Topliss-reactive ketones (excluding diaryl/α,β-unsaturated/α-hetero) is 1. The molecule has 118 valence electrons. The van der Waals surface area contributed by atoms with E-state index in [0.717, 1.165) is 18.3 Å². The molecule has 2 rings (SSSR count). The molecular weight excluding hydrogens is 266 g/mol. The summed E-state index contributed by atoms with van der Waals surface area (Å²) in [6, 6.07) is -0.493. The van der Waals surface area contributed by atoms with Gasteiger partial charge >= 0.3 is 6.09 Å². The third kappa shape index (κ3) is 4.08. The van der Waals surface area contributed by atoms with Gasteiger partial charge in [0.1, 0.15) is 5.60 Å². The minimum Gasteiger partial charge on any atom is -0.444 e. The predicted molar refractivity (Wildman–Crippen MR) is 81.9 cm³/mol. The van der Waals surface area contributed by atoms with Crippen molar-refractivity contribution in [3.8, 4) is 0 Å². The zero-order valence-electron chi connectivity index (χ0n) is 13.6. The first kappa shape index (κ1) is 16.1. The van der Waals surface area contributed by atoms with Gasteiger partial charge in [0.2, 0.25) is 0 Å². The number of amides is 1. The maximum atomic E-state index is 12.3. The SMILES string of the molecule is C=C(C)C(=O)[C@H](C[C@H]1C2CCC[C@@H]21)NC(=O)OC(C)(C)C. The van der Waals surface area contributed by atoms with E-state index in [4.69, 9.17) is 4.74 Å². The standard InChI is InChI=1S/C17H27NO3/c1-10(2)15(19)14(18-16(20)21-17(3,4)5)9-13-11-7-6-8-12(11)13/h11-14H,1,6-9H2,2-5H3,(H,18,20)/t11-,12?,13+,14-/m0/s1. The van der Waals surface area contributed by atoms with Crippen molar-refractivity contribution in [1.29, 1.82) is 0 Å². The molecule has 0 aromatic carbocycles. The van der Waals surface area contributed by atoms with Crippen molar-refractivity contribution >= 4 is 11.9 Å². The summed E-state index contributed by atoms with van der Waals surface area (Å²) in [5, 5.41) is 2.74. The molecule has 4 heteroatoms. The van der Waals surface area contributed by atoms with E-state index >= 15 is 0 Å². The Hall–Kier alpha value is -1.32. The van der Waals surface area contributed by atoms with E-state index < -0.39 is 17.7 Å². The Morgan fingerprint density at radius 2 is 1.86 bits per heavy atom. The second-order valence-electron chi connectivity index (χ2n) is 7.50. The lowest BCUT2D eigenvalue weighted by Gasteiger charge is -2.23. The summed E-state index contributed by atoms with van der Waals surface area (Å²) in [5.74, 6) is 2.05. The van der Waals surface area contributed by atoms with Gasteiger partial charge in [-0.05, 0) is 70.3 Å². The van der Waals surface area contributed by atoms with Gasteiger partial charge in [0.25, 0.3) is 0 Å². The average molecular weight is 293 g/mol. The quantitative estimate of drug-likeness (QED) is 0.790. The molecule has 1 unspecified atom stereocenters. The van der Waals surface area contributed by atoms with E-state index in [1.165, 1.54) is 19.3 Å². The maximum absolute atomic E-state index is 12.3. The summed E-state index contributed by atoms with van der Waals surface area (Å²) in [4.78, 5) is 24.2. The molecule has 0 heterocycles. The Morgan fingerprint density at radius 3 is 2.33 bits per heavy atom. The number of hydrogen-bond acceptors (Lipinski definition) is 3. The van der Waals surface area contributed by atoms with Crippen molar-refractivity contribution in [2.24, 2.45) is 17.8 Å². The topological polar surface area (TPSA) is 55.4 Å². The summed E-state index contributed by atoms with van der Waals surface area (Å²) in [6.07, 6.45) is 4.06. The molecule has 0 spiro atoms. The molecule has 0 aromatic rings. The normalized spacial score (nSPS) is 28.5. The van der Waals surface area contributed by atoms with E-state index in [1.807, 2.05) is 20.8 Å². The monoisotopic (exact) mass is 293 g/mol. The van der Waals surface area contributed by atoms with E-state index in [2.05, 4.69) is 11.9 Å². The summed E-state index contributed by atoms with van der Waals surface area (Å²) in [7, 11) is 0. The van der Waals surface area contributed by atoms with Crippen LogP contribution in [0.1, 0.15) is 53.4 Å². The fourth-order valence-corrected chi connectivity index (χ4v) is 3.57. The van der Waals surface area contributed by atoms with Crippen LogP contribution < -0.4 is 5.32 Å². The molecule has 0 aromatic heterocycles. The fraction of sp³-hybridized carbons (Fsp3) is 0.765. The van der Waals surface area contributed by atoms with Crippen molar-refractivity contribution in [2.45, 2.75) is 65.0 Å². The summed E-state index contributed by atoms with van der Waals surface area (Å²) in [6.45, 7) is 10.8. The molecule has 0 bridgehead atoms. The Morgan fingerprint density at radius 1 is 1.29 bits per heavy atom. The molecule has 2 aliphatic rings. The van der Waals surface area contributed by atoms with Gasteiger partial charge in [0, 0.05) is 0 Å². The number of ether oxygens (including phenoxy) is 1. The van der Waals surface area contributed by atoms with Crippen molar-refractivity contribution in [2.75, 3.05) is 0 Å². The number of ketones is 1. The number of fused-ring (bicyclic) bond motifs is 1. The average Bonchev–Trinajstić information content (AvgIpc) is 2.78. The molecule has 0 saturated heterocycles. The Bertz CT molecular complexity index is 439. The minimum atomic E-state index is -0.559. The van der Waals surface area contributed by atoms with Crippen LogP contribution in [0.15, 0.2) is 12.2 Å². The molecule has 0 radical (unpaired) electrons. The lowest BCUT2D eigenvalue weighted by Crippen LogP contribution is -2.44. The van der Waals surface area contributed by atoms with Crippen LogP contribution >= 0.6 is 0 Å². The lowest BCUT2D eigenvalue weighted by atomic mass is 9.98. The summed E-state index contributed by atoms with van der Waals surface area (Å²) >= 11 is 0. The van der Waals surface area contributed by atoms with Crippen LogP contribution in [0.25, 0.3) is 0 Å². The van der Waals surface area contributed by atoms with E-state index in [1.54, 1.807) is 6.92 Å². The molecule has 1 N–H and O–H groups in total. The molecule has 4 nitrogen and oxygen atoms in total. The number of alkyl carbamates (subject to hydrolysis) is 1. The molecule has 2 saturated carbocycles. The summed E-state index contributed by atoms with van der Waals surface area (Å²) < 4.78 is 5.26. The predicted octanol–water partition coefficient (Wildman–Crippen LogP) is 3.46. The van der Waals surface area contributed by atoms with Gasteiger partial charge in [-0.1, -0.05) is 13.0 Å². The van der Waals surface area contributed by atoms with Crippen molar-refractivity contribution < 1.29 is 14.3 Å². The largest absolute Gasteiger partial charge is 0.444 e. The van der Waals surface area contributed by atoms with Crippen molar-refractivity contribution in [1.82, 2.24) is 5.32 Å². The number of hydrogen-bond donors (Lipinski definition) is 1. The van der Waals surface area contributed by atoms with Crippen LogP contribution in [0.4, 0.5) is 4.79 Å². The van der Waals surface area contributed by atoms with Crippen LogP contribution in [0.3, 0.4) is 0 Å². The lowest BCUT2D eigenvalue weighted by molar-refractivity contribution is -0.117. The van der Waals surface area contributed by atoms with Gasteiger partial charge in [0.15, 0.2) is 5.78 Å². The van der Waals surface area contributed by atoms with Gasteiger partial charge in [-0.2, -0.15) is 0 Å². The van der Waals surface area contributed by atoms with E-state index in [-0.39, 0.29) is 5.78 Å². The van der Waals surface area contributed by atoms with E-state index in [0.29, 0.717) is 11.5 Å². The molecule has 2 fully saturated rings. The van der Waals surface area contributed by atoms with Gasteiger partial charge in [-0.3, -0.25) is 4.79 Å². The zero-order chi connectivity index (χ0) is 15.8. The third-order valence-corrected chi connectivity index (χ3v) is 4.52. The first-order valence-electron chi connectivity index (χ1n) is 7.88. The number of carbonyl (C=O) groups is 2. The highest BCUT2D eigenvalue weighted by molar-refractivity contribution is 5.99. The first-order valence-corrected chi connectivity index (χ1v) is 7.88. The van der Waals surface area contributed by atoms with Gasteiger partial charge < -0.3 is 10.1 Å². The van der Waals surface area contributed by atoms with Gasteiger partial charge in [-0.15, -0.1) is 0 Å². The second kappa shape index (κ2) is 5.82. The van der Waals surface area contributed by atoms with E-state index in [9.17, 15) is 9.59 Å². The first-order chi connectivity index (χ1) is 9.69. The Balaban J connectivity index is 1.94. The molecule has 4 atom stereocenters. The smallest absolute Gasteiger partial charge is 0.408 e. The number of nitrogens with one attached hydrogen (secondary N) is 1. The van der Waals surface area contributed by atoms with Crippen molar-refractivity contribution in [3.63, 3.8) is 0 Å². The number of rotatable bonds is 5. The molecular formula is C17H27NO3. The zero-order valence-corrected chi connectivity index (χ0v) is 13.6. The van der Waals surface area contributed by atoms with Crippen LogP contribution in [0.5, 0.6) is 0 Å². The Labute approximate surface area is 127 Å². The highest BCUT2D eigenvalue weighted by atomic mass is 16.6. The summed E-state index contributed by atoms with van der Waals surface area (Å²) in [5.41, 5.74) is -0.0707. The highest BCUT2D eigenvalue weighted by Gasteiger charge is 2.53. The molecule has 21 heavy (non-hydrogen) atoms. The van der Waals surface area contributed by atoms with Gasteiger partial charge in [-0.25, -0.2) is 4.79 Å². The molecule has 2 aliphatic carbocycles.